The minimum absolute atomic E-state index is 0.144. The summed E-state index contributed by atoms with van der Waals surface area (Å²) in [6.07, 6.45) is 2.98. The van der Waals surface area contributed by atoms with Crippen LogP contribution < -0.4 is 5.32 Å². The van der Waals surface area contributed by atoms with Gasteiger partial charge in [0.25, 0.3) is 0 Å². The van der Waals surface area contributed by atoms with Crippen LogP contribution in [0, 0.1) is 0 Å². The van der Waals surface area contributed by atoms with Crippen molar-refractivity contribution in [2.45, 2.75) is 11.8 Å². The van der Waals surface area contributed by atoms with Crippen molar-refractivity contribution in [1.82, 2.24) is 4.31 Å². The second kappa shape index (κ2) is 5.79. The van der Waals surface area contributed by atoms with Crippen molar-refractivity contribution in [1.29, 1.82) is 0 Å². The Morgan fingerprint density at radius 2 is 2.00 bits per heavy atom. The summed E-state index contributed by atoms with van der Waals surface area (Å²) in [5, 5.41) is 2.59. The van der Waals surface area contributed by atoms with Gasteiger partial charge in [-0.05, 0) is 31.2 Å². The number of anilines is 1. The van der Waals surface area contributed by atoms with Gasteiger partial charge in [0.15, 0.2) is 0 Å². The number of hydrogen-bond acceptors (Lipinski definition) is 3. The Kier molecular flexibility index (Phi) is 4.63. The molecule has 0 radical (unpaired) electrons. The van der Waals surface area contributed by atoms with Gasteiger partial charge in [0.2, 0.25) is 15.9 Å². The van der Waals surface area contributed by atoms with E-state index >= 15 is 0 Å². The fraction of sp³-hybridized carbons (Fsp3) is 0.250. The van der Waals surface area contributed by atoms with Crippen LogP contribution in [0.1, 0.15) is 6.92 Å². The highest BCUT2D eigenvalue weighted by atomic mass is 32.2. The second-order valence-corrected chi connectivity index (χ2v) is 5.96. The zero-order valence-electron chi connectivity index (χ0n) is 10.5. The highest BCUT2D eigenvalue weighted by Crippen LogP contribution is 2.17. The zero-order chi connectivity index (χ0) is 13.8. The van der Waals surface area contributed by atoms with Crippen LogP contribution in [-0.2, 0) is 14.8 Å². The van der Waals surface area contributed by atoms with Crippen LogP contribution >= 0.6 is 0 Å². The summed E-state index contributed by atoms with van der Waals surface area (Å²) >= 11 is 0. The van der Waals surface area contributed by atoms with Gasteiger partial charge in [-0.25, -0.2) is 12.7 Å². The van der Waals surface area contributed by atoms with Gasteiger partial charge >= 0.3 is 0 Å². The summed E-state index contributed by atoms with van der Waals surface area (Å²) in [5.74, 6) is -0.295. The average Bonchev–Trinajstić information content (AvgIpc) is 2.29. The molecule has 6 heteroatoms. The molecule has 18 heavy (non-hydrogen) atoms. The first-order valence-electron chi connectivity index (χ1n) is 5.34. The predicted molar refractivity (Wildman–Crippen MR) is 70.8 cm³/mol. The maximum Gasteiger partial charge on any atom is 0.248 e. The SMILES string of the molecule is CC=CC(=O)Nc1cccc(S(=O)(=O)N(C)C)c1. The fourth-order valence-corrected chi connectivity index (χ4v) is 2.23. The maximum absolute atomic E-state index is 11.9. The molecule has 1 amide bonds. The van der Waals surface area contributed by atoms with Crippen molar-refractivity contribution in [2.75, 3.05) is 19.4 Å². The smallest absolute Gasteiger partial charge is 0.248 e. The lowest BCUT2D eigenvalue weighted by Crippen LogP contribution is -2.22. The number of nitrogens with one attached hydrogen (secondary N) is 1. The third-order valence-electron chi connectivity index (χ3n) is 2.20. The molecule has 1 aromatic rings. The molecule has 0 aliphatic rings. The number of sulfonamides is 1. The quantitative estimate of drug-likeness (QED) is 0.840. The number of carbonyl (C=O) groups is 1. The van der Waals surface area contributed by atoms with E-state index in [4.69, 9.17) is 0 Å². The molecule has 0 bridgehead atoms. The molecule has 0 aliphatic carbocycles. The van der Waals surface area contributed by atoms with Gasteiger partial charge in [0.1, 0.15) is 0 Å². The summed E-state index contributed by atoms with van der Waals surface area (Å²) < 4.78 is 24.9. The highest BCUT2D eigenvalue weighted by Gasteiger charge is 2.17. The van der Waals surface area contributed by atoms with E-state index in [0.29, 0.717) is 5.69 Å². The number of amides is 1. The first-order chi connectivity index (χ1) is 8.37. The van der Waals surface area contributed by atoms with Crippen molar-refractivity contribution in [3.63, 3.8) is 0 Å². The topological polar surface area (TPSA) is 66.5 Å². The van der Waals surface area contributed by atoms with Crippen molar-refractivity contribution in [3.05, 3.63) is 36.4 Å². The molecule has 0 spiro atoms. The van der Waals surface area contributed by atoms with Crippen LogP contribution in [0.15, 0.2) is 41.3 Å². The highest BCUT2D eigenvalue weighted by molar-refractivity contribution is 7.89. The number of allylic oxidation sites excluding steroid dienone is 1. The second-order valence-electron chi connectivity index (χ2n) is 3.80. The molecule has 0 saturated carbocycles. The molecule has 0 heterocycles. The van der Waals surface area contributed by atoms with Crippen molar-refractivity contribution < 1.29 is 13.2 Å². The molecule has 5 nitrogen and oxygen atoms in total. The number of nitrogens with zero attached hydrogens (tertiary/aromatic N) is 1. The molecule has 0 atom stereocenters. The van der Waals surface area contributed by atoms with E-state index in [9.17, 15) is 13.2 Å². The zero-order valence-corrected chi connectivity index (χ0v) is 11.4. The predicted octanol–water partition coefficient (Wildman–Crippen LogP) is 1.45. The summed E-state index contributed by atoms with van der Waals surface area (Å²) in [5.41, 5.74) is 0.445. The van der Waals surface area contributed by atoms with E-state index in [1.807, 2.05) is 0 Å². The first-order valence-corrected chi connectivity index (χ1v) is 6.78. The molecular formula is C12H16N2O3S. The Labute approximate surface area is 107 Å². The minimum atomic E-state index is -3.48. The summed E-state index contributed by atoms with van der Waals surface area (Å²) in [7, 11) is -0.566. The summed E-state index contributed by atoms with van der Waals surface area (Å²) in [6, 6.07) is 6.13. The van der Waals surface area contributed by atoms with E-state index in [1.54, 1.807) is 25.1 Å². The third-order valence-corrected chi connectivity index (χ3v) is 4.01. The molecule has 1 N–H and O–H groups in total. The van der Waals surface area contributed by atoms with E-state index in [-0.39, 0.29) is 10.8 Å². The van der Waals surface area contributed by atoms with Gasteiger partial charge in [-0.2, -0.15) is 0 Å². The van der Waals surface area contributed by atoms with Crippen molar-refractivity contribution >= 4 is 21.6 Å². The van der Waals surface area contributed by atoms with E-state index in [2.05, 4.69) is 5.32 Å². The lowest BCUT2D eigenvalue weighted by molar-refractivity contribution is -0.111. The van der Waals surface area contributed by atoms with Crippen molar-refractivity contribution in [3.8, 4) is 0 Å². The Balaban J connectivity index is 3.04. The Morgan fingerprint density at radius 1 is 1.33 bits per heavy atom. The normalized spacial score (nSPS) is 12.0. The largest absolute Gasteiger partial charge is 0.322 e. The average molecular weight is 268 g/mol. The van der Waals surface area contributed by atoms with Crippen LogP contribution in [0.5, 0.6) is 0 Å². The molecule has 98 valence electrons. The lowest BCUT2D eigenvalue weighted by Gasteiger charge is -2.12. The van der Waals surface area contributed by atoms with Crippen LogP contribution in [0.2, 0.25) is 0 Å². The van der Waals surface area contributed by atoms with Gasteiger partial charge in [-0.1, -0.05) is 12.1 Å². The van der Waals surface area contributed by atoms with Gasteiger partial charge in [-0.3, -0.25) is 4.79 Å². The molecule has 1 aromatic carbocycles. The van der Waals surface area contributed by atoms with Crippen LogP contribution in [-0.4, -0.2) is 32.7 Å². The number of rotatable bonds is 4. The molecular weight excluding hydrogens is 252 g/mol. The fourth-order valence-electron chi connectivity index (χ4n) is 1.28. The van der Waals surface area contributed by atoms with Gasteiger partial charge in [0, 0.05) is 19.8 Å². The maximum atomic E-state index is 11.9. The summed E-state index contributed by atoms with van der Waals surface area (Å²) in [6.45, 7) is 1.73. The molecule has 0 saturated heterocycles. The van der Waals surface area contributed by atoms with E-state index in [1.165, 1.54) is 32.3 Å². The molecule has 0 fully saturated rings. The molecule has 0 unspecified atom stereocenters. The number of hydrogen-bond donors (Lipinski definition) is 1. The van der Waals surface area contributed by atoms with Crippen molar-refractivity contribution in [2.24, 2.45) is 0 Å². The van der Waals surface area contributed by atoms with Gasteiger partial charge in [0.05, 0.1) is 4.90 Å². The monoisotopic (exact) mass is 268 g/mol. The third kappa shape index (κ3) is 3.41. The molecule has 1 rings (SSSR count). The van der Waals surface area contributed by atoms with Crippen LogP contribution in [0.3, 0.4) is 0 Å². The van der Waals surface area contributed by atoms with E-state index in [0.717, 1.165) is 4.31 Å². The standard InChI is InChI=1S/C12H16N2O3S/c1-4-6-12(15)13-10-7-5-8-11(9-10)18(16,17)14(2)3/h4-9H,1-3H3,(H,13,15). The van der Waals surface area contributed by atoms with Gasteiger partial charge < -0.3 is 5.32 Å². The lowest BCUT2D eigenvalue weighted by atomic mass is 10.3. The number of benzene rings is 1. The van der Waals surface area contributed by atoms with Gasteiger partial charge in [-0.15, -0.1) is 0 Å². The Bertz CT molecular complexity index is 562. The van der Waals surface area contributed by atoms with Crippen LogP contribution in [0.25, 0.3) is 0 Å². The first kappa shape index (κ1) is 14.4. The summed E-state index contributed by atoms with van der Waals surface area (Å²) in [4.78, 5) is 11.5. The molecule has 0 aliphatic heterocycles. The Hall–Kier alpha value is -1.66. The van der Waals surface area contributed by atoms with Crippen LogP contribution in [0.4, 0.5) is 5.69 Å². The minimum Gasteiger partial charge on any atom is -0.322 e. The number of carbonyl (C=O) groups excluding carboxylic acids is 1. The Morgan fingerprint density at radius 3 is 2.56 bits per heavy atom. The molecule has 0 aromatic heterocycles. The van der Waals surface area contributed by atoms with E-state index < -0.39 is 10.0 Å².